The monoisotopic (exact) mass is 293 g/mol. The largest absolute Gasteiger partial charge is 0.401 e. The van der Waals surface area contributed by atoms with Crippen LogP contribution in [0.2, 0.25) is 0 Å². The first kappa shape index (κ1) is 15.6. The van der Waals surface area contributed by atoms with E-state index in [4.69, 9.17) is 5.73 Å². The average Bonchev–Trinajstić information content (AvgIpc) is 3.08. The third kappa shape index (κ3) is 5.66. The highest BCUT2D eigenvalue weighted by Gasteiger charge is 2.34. The van der Waals surface area contributed by atoms with Crippen molar-refractivity contribution in [3.8, 4) is 0 Å². The number of hydrogen-bond donors (Lipinski definition) is 2. The molecule has 7 heteroatoms. The number of nitrogens with one attached hydrogen (secondary N) is 1. The van der Waals surface area contributed by atoms with Crippen LogP contribution in [-0.4, -0.2) is 49.2 Å². The molecule has 2 atom stereocenters. The molecule has 3 N–H and O–H groups in total. The van der Waals surface area contributed by atoms with Crippen molar-refractivity contribution in [1.82, 2.24) is 10.2 Å². The van der Waals surface area contributed by atoms with E-state index in [-0.39, 0.29) is 12.6 Å². The molecular formula is C13H22F3N3O. The standard InChI is InChI=1S/C13H22F3N3O/c14-13(15,16)8-18-11-4-10(3-9-1-2-9)5-19(6-11)7-12(17)20/h9-11,18H,1-8H2,(H2,17,20). The van der Waals surface area contributed by atoms with E-state index in [0.717, 1.165) is 25.3 Å². The lowest BCUT2D eigenvalue weighted by Crippen LogP contribution is -2.52. The topological polar surface area (TPSA) is 58.4 Å². The molecule has 2 aliphatic rings. The molecule has 0 spiro atoms. The summed E-state index contributed by atoms with van der Waals surface area (Å²) in [5, 5.41) is 2.57. The number of carbonyl (C=O) groups is 1. The highest BCUT2D eigenvalue weighted by molar-refractivity contribution is 5.75. The second kappa shape index (κ2) is 6.30. The van der Waals surface area contributed by atoms with Crippen molar-refractivity contribution < 1.29 is 18.0 Å². The van der Waals surface area contributed by atoms with Gasteiger partial charge in [-0.3, -0.25) is 9.69 Å². The fourth-order valence-electron chi connectivity index (χ4n) is 3.06. The van der Waals surface area contributed by atoms with Crippen LogP contribution in [0.4, 0.5) is 13.2 Å². The number of carbonyl (C=O) groups excluding carboxylic acids is 1. The molecule has 0 radical (unpaired) electrons. The Morgan fingerprint density at radius 2 is 1.95 bits per heavy atom. The van der Waals surface area contributed by atoms with Crippen LogP contribution in [0, 0.1) is 11.8 Å². The normalized spacial score (nSPS) is 28.6. The van der Waals surface area contributed by atoms with E-state index in [1.165, 1.54) is 12.8 Å². The average molecular weight is 293 g/mol. The maximum atomic E-state index is 12.3. The highest BCUT2D eigenvalue weighted by Crippen LogP contribution is 2.37. The Bertz CT molecular complexity index is 344. The summed E-state index contributed by atoms with van der Waals surface area (Å²) in [6.07, 6.45) is 0.0686. The van der Waals surface area contributed by atoms with Crippen molar-refractivity contribution in [2.24, 2.45) is 17.6 Å². The molecule has 1 amide bonds. The molecule has 2 unspecified atom stereocenters. The van der Waals surface area contributed by atoms with Gasteiger partial charge in [-0.2, -0.15) is 13.2 Å². The van der Waals surface area contributed by atoms with Gasteiger partial charge < -0.3 is 11.1 Å². The smallest absolute Gasteiger partial charge is 0.369 e. The van der Waals surface area contributed by atoms with Crippen molar-refractivity contribution in [3.63, 3.8) is 0 Å². The minimum Gasteiger partial charge on any atom is -0.369 e. The molecule has 2 fully saturated rings. The Balaban J connectivity index is 1.86. The summed E-state index contributed by atoms with van der Waals surface area (Å²) < 4.78 is 36.9. The fraction of sp³-hybridized carbons (Fsp3) is 0.923. The van der Waals surface area contributed by atoms with Crippen LogP contribution in [0.5, 0.6) is 0 Å². The number of likely N-dealkylation sites (tertiary alicyclic amines) is 1. The van der Waals surface area contributed by atoms with Crippen LogP contribution in [0.3, 0.4) is 0 Å². The van der Waals surface area contributed by atoms with Crippen LogP contribution >= 0.6 is 0 Å². The molecular weight excluding hydrogens is 271 g/mol. The second-order valence-electron chi connectivity index (χ2n) is 6.13. The molecule has 4 nitrogen and oxygen atoms in total. The van der Waals surface area contributed by atoms with Crippen molar-refractivity contribution >= 4 is 5.91 Å². The molecule has 1 aliphatic carbocycles. The van der Waals surface area contributed by atoms with Gasteiger partial charge in [0.15, 0.2) is 0 Å². The van der Waals surface area contributed by atoms with Crippen LogP contribution in [0.15, 0.2) is 0 Å². The molecule has 0 aromatic carbocycles. The molecule has 20 heavy (non-hydrogen) atoms. The highest BCUT2D eigenvalue weighted by atomic mass is 19.4. The third-order valence-corrected chi connectivity index (χ3v) is 3.95. The van der Waals surface area contributed by atoms with Gasteiger partial charge in [0.25, 0.3) is 0 Å². The van der Waals surface area contributed by atoms with E-state index < -0.39 is 18.6 Å². The Labute approximate surface area is 116 Å². The van der Waals surface area contributed by atoms with Crippen LogP contribution in [0.25, 0.3) is 0 Å². The van der Waals surface area contributed by atoms with E-state index in [2.05, 4.69) is 5.32 Å². The fourth-order valence-corrected chi connectivity index (χ4v) is 3.06. The SMILES string of the molecule is NC(=O)CN1CC(CC2CC2)CC(NCC(F)(F)F)C1. The Kier molecular flexibility index (Phi) is 4.90. The second-order valence-corrected chi connectivity index (χ2v) is 6.13. The summed E-state index contributed by atoms with van der Waals surface area (Å²) in [7, 11) is 0. The van der Waals surface area contributed by atoms with Gasteiger partial charge in [0.2, 0.25) is 5.91 Å². The minimum absolute atomic E-state index is 0.130. The first-order valence-corrected chi connectivity index (χ1v) is 7.12. The van der Waals surface area contributed by atoms with E-state index in [1.807, 2.05) is 4.90 Å². The molecule has 0 aromatic rings. The molecule has 0 bridgehead atoms. The predicted molar refractivity (Wildman–Crippen MR) is 68.9 cm³/mol. The van der Waals surface area contributed by atoms with Gasteiger partial charge in [0.1, 0.15) is 0 Å². The number of piperidine rings is 1. The summed E-state index contributed by atoms with van der Waals surface area (Å²) in [6.45, 7) is 0.382. The third-order valence-electron chi connectivity index (χ3n) is 3.95. The number of rotatable bonds is 6. The molecule has 1 saturated carbocycles. The summed E-state index contributed by atoms with van der Waals surface area (Å²) in [5.74, 6) is 0.671. The first-order valence-electron chi connectivity index (χ1n) is 7.12. The number of hydrogen-bond acceptors (Lipinski definition) is 3. The van der Waals surface area contributed by atoms with Gasteiger partial charge in [0.05, 0.1) is 13.1 Å². The Morgan fingerprint density at radius 3 is 2.50 bits per heavy atom. The number of nitrogens with zero attached hydrogens (tertiary/aromatic N) is 1. The van der Waals surface area contributed by atoms with E-state index >= 15 is 0 Å². The predicted octanol–water partition coefficient (Wildman–Crippen LogP) is 1.11. The van der Waals surface area contributed by atoms with Crippen molar-refractivity contribution in [3.05, 3.63) is 0 Å². The number of halogens is 3. The van der Waals surface area contributed by atoms with Crippen molar-refractivity contribution in [2.75, 3.05) is 26.2 Å². The van der Waals surface area contributed by atoms with Crippen molar-refractivity contribution in [1.29, 1.82) is 0 Å². The number of nitrogens with two attached hydrogens (primary N) is 1. The maximum Gasteiger partial charge on any atom is 0.401 e. The van der Waals surface area contributed by atoms with Crippen molar-refractivity contribution in [2.45, 2.75) is 37.9 Å². The number of amides is 1. The lowest BCUT2D eigenvalue weighted by Gasteiger charge is -2.38. The number of primary amides is 1. The lowest BCUT2D eigenvalue weighted by molar-refractivity contribution is -0.128. The van der Waals surface area contributed by atoms with E-state index in [9.17, 15) is 18.0 Å². The summed E-state index contributed by atoms with van der Waals surface area (Å²) >= 11 is 0. The quantitative estimate of drug-likeness (QED) is 0.771. The van der Waals surface area contributed by atoms with Gasteiger partial charge in [0, 0.05) is 19.1 Å². The molecule has 116 valence electrons. The van der Waals surface area contributed by atoms with Crippen LogP contribution in [0.1, 0.15) is 25.7 Å². The Hall–Kier alpha value is -0.820. The van der Waals surface area contributed by atoms with Crippen LogP contribution < -0.4 is 11.1 Å². The van der Waals surface area contributed by atoms with Gasteiger partial charge >= 0.3 is 6.18 Å². The molecule has 1 aliphatic heterocycles. The minimum atomic E-state index is -4.20. The van der Waals surface area contributed by atoms with Gasteiger partial charge in [-0.25, -0.2) is 0 Å². The summed E-state index contributed by atoms with van der Waals surface area (Å²) in [4.78, 5) is 12.9. The zero-order valence-corrected chi connectivity index (χ0v) is 11.5. The zero-order chi connectivity index (χ0) is 14.8. The van der Waals surface area contributed by atoms with Crippen LogP contribution in [-0.2, 0) is 4.79 Å². The van der Waals surface area contributed by atoms with Gasteiger partial charge in [-0.1, -0.05) is 12.8 Å². The molecule has 2 rings (SSSR count). The molecule has 1 saturated heterocycles. The van der Waals surface area contributed by atoms with E-state index in [1.54, 1.807) is 0 Å². The Morgan fingerprint density at radius 1 is 1.25 bits per heavy atom. The lowest BCUT2D eigenvalue weighted by atomic mass is 9.89. The summed E-state index contributed by atoms with van der Waals surface area (Å²) in [5.41, 5.74) is 5.19. The summed E-state index contributed by atoms with van der Waals surface area (Å²) in [6, 6.07) is -0.214. The first-order chi connectivity index (χ1) is 9.32. The maximum absolute atomic E-state index is 12.3. The van der Waals surface area contributed by atoms with Gasteiger partial charge in [-0.15, -0.1) is 0 Å². The zero-order valence-electron chi connectivity index (χ0n) is 11.5. The number of alkyl halides is 3. The molecule has 1 heterocycles. The molecule has 0 aromatic heterocycles. The van der Waals surface area contributed by atoms with E-state index in [0.29, 0.717) is 12.5 Å². The van der Waals surface area contributed by atoms with Gasteiger partial charge in [-0.05, 0) is 24.7 Å².